The fourth-order valence-corrected chi connectivity index (χ4v) is 3.05. The number of halogens is 1. The maximum absolute atomic E-state index is 12.1. The van der Waals surface area contributed by atoms with Crippen LogP contribution in [0.2, 0.25) is 0 Å². The van der Waals surface area contributed by atoms with Gasteiger partial charge in [0.2, 0.25) is 5.89 Å². The van der Waals surface area contributed by atoms with Gasteiger partial charge in [0.05, 0.1) is 11.4 Å². The molecule has 150 valence electrons. The van der Waals surface area contributed by atoms with Gasteiger partial charge in [0.15, 0.2) is 6.61 Å². The Morgan fingerprint density at radius 1 is 1.13 bits per heavy atom. The minimum atomic E-state index is -0.514. The van der Waals surface area contributed by atoms with Crippen molar-refractivity contribution in [2.24, 2.45) is 0 Å². The van der Waals surface area contributed by atoms with Crippen LogP contribution in [0.25, 0.3) is 23.0 Å². The molecule has 2 heterocycles. The van der Waals surface area contributed by atoms with Crippen LogP contribution in [0.1, 0.15) is 17.3 Å². The number of ether oxygens (including phenoxy) is 1. The molecule has 0 N–H and O–H groups in total. The zero-order chi connectivity index (χ0) is 20.9. The summed E-state index contributed by atoms with van der Waals surface area (Å²) in [5.74, 6) is 0.158. The van der Waals surface area contributed by atoms with Gasteiger partial charge < -0.3 is 9.15 Å². The number of benzene rings is 2. The summed E-state index contributed by atoms with van der Waals surface area (Å²) in [4.78, 5) is 12.1. The molecule has 4 rings (SSSR count). The van der Waals surface area contributed by atoms with E-state index in [0.29, 0.717) is 5.89 Å². The van der Waals surface area contributed by atoms with Crippen molar-refractivity contribution in [2.45, 2.75) is 13.5 Å². The first kappa shape index (κ1) is 19.8. The Morgan fingerprint density at radius 2 is 1.90 bits per heavy atom. The molecule has 0 saturated carbocycles. The summed E-state index contributed by atoms with van der Waals surface area (Å²) < 4.78 is 13.1. The molecule has 0 aliphatic rings. The number of carbonyl (C=O) groups is 1. The van der Waals surface area contributed by atoms with Gasteiger partial charge in [0.1, 0.15) is 0 Å². The molecule has 0 aliphatic heterocycles. The van der Waals surface area contributed by atoms with Gasteiger partial charge in [-0.15, -0.1) is 10.2 Å². The Kier molecular flexibility index (Phi) is 5.85. The number of esters is 1. The van der Waals surface area contributed by atoms with E-state index >= 15 is 0 Å². The van der Waals surface area contributed by atoms with E-state index in [-0.39, 0.29) is 12.5 Å². The number of aromatic nitrogens is 4. The second-order valence-corrected chi connectivity index (χ2v) is 7.29. The molecule has 0 saturated heterocycles. The van der Waals surface area contributed by atoms with Crippen LogP contribution in [0.5, 0.6) is 0 Å². The Balaban J connectivity index is 1.58. The van der Waals surface area contributed by atoms with Crippen LogP contribution in [0, 0.1) is 6.92 Å². The van der Waals surface area contributed by atoms with Gasteiger partial charge in [-0.1, -0.05) is 46.3 Å². The van der Waals surface area contributed by atoms with Crippen molar-refractivity contribution in [3.63, 3.8) is 0 Å². The van der Waals surface area contributed by atoms with Gasteiger partial charge in [-0.05, 0) is 30.3 Å². The molecule has 0 aliphatic carbocycles. The summed E-state index contributed by atoms with van der Waals surface area (Å²) in [6, 6.07) is 17.6. The topological polar surface area (TPSA) is 83.0 Å². The lowest BCUT2D eigenvalue weighted by Gasteiger charge is -2.01. The molecule has 0 bridgehead atoms. The first-order valence-corrected chi connectivity index (χ1v) is 9.92. The third-order valence-corrected chi connectivity index (χ3v) is 4.71. The molecule has 30 heavy (non-hydrogen) atoms. The number of hydrogen-bond acceptors (Lipinski definition) is 6. The SMILES string of the molecule is Cc1nnc(COC(=O)/C=C/c2cn(-c3ccccc3)nc2-c2ccc(Br)cc2)o1. The first-order chi connectivity index (χ1) is 14.6. The van der Waals surface area contributed by atoms with E-state index in [1.54, 1.807) is 17.7 Å². The lowest BCUT2D eigenvalue weighted by atomic mass is 10.1. The summed E-state index contributed by atoms with van der Waals surface area (Å²) in [5, 5.41) is 12.2. The minimum Gasteiger partial charge on any atom is -0.452 e. The second kappa shape index (κ2) is 8.87. The zero-order valence-corrected chi connectivity index (χ0v) is 17.6. The van der Waals surface area contributed by atoms with Gasteiger partial charge in [0, 0.05) is 34.8 Å². The van der Waals surface area contributed by atoms with Crippen molar-refractivity contribution in [2.75, 3.05) is 0 Å². The molecule has 4 aromatic rings. The van der Waals surface area contributed by atoms with E-state index in [1.807, 2.05) is 60.8 Å². The molecule has 8 heteroatoms. The maximum atomic E-state index is 12.1. The Bertz CT molecular complexity index is 1180. The third kappa shape index (κ3) is 4.72. The molecule has 2 aromatic heterocycles. The summed E-state index contributed by atoms with van der Waals surface area (Å²) in [5.41, 5.74) is 3.39. The highest BCUT2D eigenvalue weighted by atomic mass is 79.9. The third-order valence-electron chi connectivity index (χ3n) is 4.19. The molecule has 0 unspecified atom stereocenters. The summed E-state index contributed by atoms with van der Waals surface area (Å²) in [6.07, 6.45) is 4.92. The number of nitrogens with zero attached hydrogens (tertiary/aromatic N) is 4. The molecule has 0 radical (unpaired) electrons. The molecule has 7 nitrogen and oxygen atoms in total. The standard InChI is InChI=1S/C22H17BrN4O3/c1-15-24-25-20(30-15)14-29-21(28)12-9-17-13-27(19-5-3-2-4-6-19)26-22(17)16-7-10-18(23)11-8-16/h2-13H,14H2,1H3/b12-9+. The summed E-state index contributed by atoms with van der Waals surface area (Å²) in [7, 11) is 0. The van der Waals surface area contributed by atoms with Crippen LogP contribution in [-0.4, -0.2) is 25.9 Å². The molecular formula is C22H17BrN4O3. The summed E-state index contributed by atoms with van der Waals surface area (Å²) >= 11 is 3.45. The van der Waals surface area contributed by atoms with E-state index in [4.69, 9.17) is 14.3 Å². The quantitative estimate of drug-likeness (QED) is 0.302. The zero-order valence-electron chi connectivity index (χ0n) is 16.0. The maximum Gasteiger partial charge on any atom is 0.331 e. The largest absolute Gasteiger partial charge is 0.452 e. The molecule has 0 atom stereocenters. The fraction of sp³-hybridized carbons (Fsp3) is 0.0909. The number of carbonyl (C=O) groups excluding carboxylic acids is 1. The average Bonchev–Trinajstić information content (AvgIpc) is 3.38. The van der Waals surface area contributed by atoms with E-state index in [0.717, 1.165) is 27.0 Å². The van der Waals surface area contributed by atoms with Crippen LogP contribution < -0.4 is 0 Å². The van der Waals surface area contributed by atoms with Crippen molar-refractivity contribution >= 4 is 28.0 Å². The van der Waals surface area contributed by atoms with Crippen molar-refractivity contribution in [3.05, 3.63) is 88.7 Å². The number of hydrogen-bond donors (Lipinski definition) is 0. The predicted molar refractivity (Wildman–Crippen MR) is 115 cm³/mol. The Morgan fingerprint density at radius 3 is 2.60 bits per heavy atom. The van der Waals surface area contributed by atoms with Gasteiger partial charge in [-0.2, -0.15) is 5.10 Å². The van der Waals surface area contributed by atoms with Crippen molar-refractivity contribution in [1.82, 2.24) is 20.0 Å². The smallest absolute Gasteiger partial charge is 0.331 e. The molecule has 0 amide bonds. The molecule has 2 aromatic carbocycles. The van der Waals surface area contributed by atoms with E-state index in [9.17, 15) is 4.79 Å². The van der Waals surface area contributed by atoms with Crippen LogP contribution in [0.15, 0.2) is 75.8 Å². The lowest BCUT2D eigenvalue weighted by molar-refractivity contribution is -0.139. The molecule has 0 fully saturated rings. The predicted octanol–water partition coefficient (Wildman–Crippen LogP) is 4.75. The van der Waals surface area contributed by atoms with Gasteiger partial charge >= 0.3 is 5.97 Å². The highest BCUT2D eigenvalue weighted by Crippen LogP contribution is 2.26. The normalized spacial score (nSPS) is 11.1. The van der Waals surface area contributed by atoms with Crippen LogP contribution >= 0.6 is 15.9 Å². The fourth-order valence-electron chi connectivity index (χ4n) is 2.79. The monoisotopic (exact) mass is 464 g/mol. The Labute approximate surface area is 181 Å². The first-order valence-electron chi connectivity index (χ1n) is 9.13. The Hall–Kier alpha value is -3.52. The van der Waals surface area contributed by atoms with Crippen LogP contribution in [0.3, 0.4) is 0 Å². The number of aryl methyl sites for hydroxylation is 1. The van der Waals surface area contributed by atoms with Gasteiger partial charge in [-0.3, -0.25) is 0 Å². The minimum absolute atomic E-state index is 0.0765. The number of para-hydroxylation sites is 1. The number of rotatable bonds is 6. The van der Waals surface area contributed by atoms with Gasteiger partial charge in [0.25, 0.3) is 5.89 Å². The lowest BCUT2D eigenvalue weighted by Crippen LogP contribution is -2.01. The van der Waals surface area contributed by atoms with Crippen LogP contribution in [0.4, 0.5) is 0 Å². The molecule has 0 spiro atoms. The summed E-state index contributed by atoms with van der Waals surface area (Å²) in [6.45, 7) is 1.60. The van der Waals surface area contributed by atoms with E-state index < -0.39 is 5.97 Å². The average molecular weight is 465 g/mol. The van der Waals surface area contributed by atoms with Crippen LogP contribution in [-0.2, 0) is 16.1 Å². The second-order valence-electron chi connectivity index (χ2n) is 6.38. The van der Waals surface area contributed by atoms with E-state index in [2.05, 4.69) is 26.1 Å². The van der Waals surface area contributed by atoms with Gasteiger partial charge in [-0.25, -0.2) is 9.48 Å². The highest BCUT2D eigenvalue weighted by molar-refractivity contribution is 9.10. The molecular weight excluding hydrogens is 448 g/mol. The van der Waals surface area contributed by atoms with E-state index in [1.165, 1.54) is 6.08 Å². The van der Waals surface area contributed by atoms with Crippen molar-refractivity contribution in [1.29, 1.82) is 0 Å². The van der Waals surface area contributed by atoms with Crippen molar-refractivity contribution < 1.29 is 13.9 Å². The van der Waals surface area contributed by atoms with Crippen molar-refractivity contribution in [3.8, 4) is 16.9 Å². The highest BCUT2D eigenvalue weighted by Gasteiger charge is 2.12.